The largest absolute Gasteiger partial charge is 0.356 e. The second-order valence-electron chi connectivity index (χ2n) is 7.60. The van der Waals surface area contributed by atoms with Gasteiger partial charge in [0.1, 0.15) is 5.82 Å². The Labute approximate surface area is 182 Å². The van der Waals surface area contributed by atoms with E-state index in [0.717, 1.165) is 48.1 Å². The van der Waals surface area contributed by atoms with E-state index in [1.54, 1.807) is 13.0 Å². The number of hydrogen-bond acceptors (Lipinski definition) is 3. The third-order valence-corrected chi connectivity index (χ3v) is 5.72. The van der Waals surface area contributed by atoms with Crippen LogP contribution in [0.15, 0.2) is 48.5 Å². The summed E-state index contributed by atoms with van der Waals surface area (Å²) in [5.41, 5.74) is 2.77. The Morgan fingerprint density at radius 3 is 2.57 bits per heavy atom. The highest BCUT2D eigenvalue weighted by Crippen LogP contribution is 2.23. The minimum absolute atomic E-state index is 0.0137. The van der Waals surface area contributed by atoms with E-state index in [1.165, 1.54) is 0 Å². The molecule has 1 aromatic heterocycles. The molecule has 1 unspecified atom stereocenters. The number of aromatic nitrogens is 2. The molecule has 3 aromatic rings. The van der Waals surface area contributed by atoms with Crippen LogP contribution < -0.4 is 5.32 Å². The van der Waals surface area contributed by atoms with E-state index in [1.807, 2.05) is 49.4 Å². The van der Waals surface area contributed by atoms with Crippen molar-refractivity contribution in [3.8, 4) is 0 Å². The van der Waals surface area contributed by atoms with Crippen molar-refractivity contribution in [1.29, 1.82) is 0 Å². The third-order valence-electron chi connectivity index (χ3n) is 5.35. The van der Waals surface area contributed by atoms with Crippen molar-refractivity contribution in [2.24, 2.45) is 0 Å². The predicted octanol–water partition coefficient (Wildman–Crippen LogP) is 4.91. The maximum absolute atomic E-state index is 12.1. The maximum Gasteiger partial charge on any atom is 0.224 e. The summed E-state index contributed by atoms with van der Waals surface area (Å²) in [5.74, 6) is 1.06. The quantitative estimate of drug-likeness (QED) is 0.469. The van der Waals surface area contributed by atoms with Crippen molar-refractivity contribution in [2.45, 2.75) is 52.0 Å². The van der Waals surface area contributed by atoms with Gasteiger partial charge >= 0.3 is 0 Å². The number of carbonyl (C=O) groups is 2. The van der Waals surface area contributed by atoms with Gasteiger partial charge in [0.25, 0.3) is 0 Å². The second kappa shape index (κ2) is 10.4. The number of imidazole rings is 1. The van der Waals surface area contributed by atoms with Gasteiger partial charge in [-0.1, -0.05) is 48.4 Å². The Kier molecular flexibility index (Phi) is 7.63. The van der Waals surface area contributed by atoms with Gasteiger partial charge < -0.3 is 9.88 Å². The monoisotopic (exact) mass is 425 g/mol. The molecule has 2 aromatic carbocycles. The molecule has 0 aliphatic carbocycles. The summed E-state index contributed by atoms with van der Waals surface area (Å²) >= 11 is 6.10. The molecule has 1 atom stereocenters. The molecule has 0 fully saturated rings. The molecule has 158 valence electrons. The number of hydrogen-bond donors (Lipinski definition) is 1. The third kappa shape index (κ3) is 5.48. The molecule has 30 heavy (non-hydrogen) atoms. The van der Waals surface area contributed by atoms with E-state index in [4.69, 9.17) is 16.6 Å². The number of nitrogens with zero attached hydrogens (tertiary/aromatic N) is 2. The van der Waals surface area contributed by atoms with Gasteiger partial charge in [0.15, 0.2) is 5.78 Å². The molecule has 1 heterocycles. The Bertz CT molecular complexity index is 1030. The van der Waals surface area contributed by atoms with Crippen LogP contribution in [0.4, 0.5) is 0 Å². The first-order valence-corrected chi connectivity index (χ1v) is 10.8. The minimum atomic E-state index is -0.225. The Morgan fingerprint density at radius 1 is 1.07 bits per heavy atom. The zero-order valence-electron chi connectivity index (χ0n) is 17.5. The molecule has 0 saturated carbocycles. The van der Waals surface area contributed by atoms with Gasteiger partial charge in [-0.15, -0.1) is 0 Å². The predicted molar refractivity (Wildman–Crippen MR) is 121 cm³/mol. The standard InChI is InChI=1S/C24H28ClN3O2/c1-17(18(2)29)28-22-13-8-7-12-21(22)27-23(28)14-4-3-9-15-26-24(30)16-19-10-5-6-11-20(19)25/h5-8,10-13,17H,3-4,9,14-16H2,1-2H3,(H,26,30). The number of fused-ring (bicyclic) bond motifs is 1. The number of ketones is 1. The summed E-state index contributed by atoms with van der Waals surface area (Å²) in [6.07, 6.45) is 3.93. The van der Waals surface area contributed by atoms with Crippen molar-refractivity contribution >= 4 is 34.3 Å². The molecule has 0 radical (unpaired) electrons. The van der Waals surface area contributed by atoms with Crippen molar-refractivity contribution in [2.75, 3.05) is 6.54 Å². The maximum atomic E-state index is 12.1. The minimum Gasteiger partial charge on any atom is -0.356 e. The molecule has 0 bridgehead atoms. The van der Waals surface area contributed by atoms with Crippen LogP contribution in [0, 0.1) is 0 Å². The molecule has 0 aliphatic heterocycles. The Hall–Kier alpha value is -2.66. The number of nitrogens with one attached hydrogen (secondary N) is 1. The molecular formula is C24H28ClN3O2. The summed E-state index contributed by atoms with van der Waals surface area (Å²) in [4.78, 5) is 28.8. The summed E-state index contributed by atoms with van der Waals surface area (Å²) < 4.78 is 2.06. The van der Waals surface area contributed by atoms with Crippen LogP contribution in [0.2, 0.25) is 5.02 Å². The second-order valence-corrected chi connectivity index (χ2v) is 8.01. The average molecular weight is 426 g/mol. The van der Waals surface area contributed by atoms with Crippen LogP contribution in [-0.4, -0.2) is 27.8 Å². The Morgan fingerprint density at radius 2 is 1.80 bits per heavy atom. The Balaban J connectivity index is 1.47. The lowest BCUT2D eigenvalue weighted by Gasteiger charge is -2.15. The van der Waals surface area contributed by atoms with Gasteiger partial charge in [-0.2, -0.15) is 0 Å². The number of amides is 1. The number of unbranched alkanes of at least 4 members (excludes halogenated alkanes) is 2. The highest BCUT2D eigenvalue weighted by atomic mass is 35.5. The summed E-state index contributed by atoms with van der Waals surface area (Å²) in [6, 6.07) is 15.1. The number of carbonyl (C=O) groups excluding carboxylic acids is 2. The number of aryl methyl sites for hydroxylation is 1. The topological polar surface area (TPSA) is 64.0 Å². The van der Waals surface area contributed by atoms with Gasteiger partial charge in [0.2, 0.25) is 5.91 Å². The lowest BCUT2D eigenvalue weighted by molar-refractivity contribution is -0.120. The zero-order valence-corrected chi connectivity index (χ0v) is 18.3. The molecule has 6 heteroatoms. The first kappa shape index (κ1) is 22.0. The smallest absolute Gasteiger partial charge is 0.224 e. The van der Waals surface area contributed by atoms with Crippen LogP contribution in [0.5, 0.6) is 0 Å². The van der Waals surface area contributed by atoms with Gasteiger partial charge in [-0.25, -0.2) is 4.98 Å². The average Bonchev–Trinajstić information content (AvgIpc) is 3.09. The van der Waals surface area contributed by atoms with E-state index >= 15 is 0 Å². The van der Waals surface area contributed by atoms with E-state index in [0.29, 0.717) is 18.0 Å². The summed E-state index contributed by atoms with van der Waals surface area (Å²) in [7, 11) is 0. The normalized spacial score (nSPS) is 12.1. The fourth-order valence-corrected chi connectivity index (χ4v) is 3.78. The first-order valence-electron chi connectivity index (χ1n) is 10.4. The molecular weight excluding hydrogens is 398 g/mol. The van der Waals surface area contributed by atoms with Crippen LogP contribution in [-0.2, 0) is 22.4 Å². The molecule has 1 N–H and O–H groups in total. The van der Waals surface area contributed by atoms with Gasteiger partial charge in [0.05, 0.1) is 23.5 Å². The molecule has 0 aliphatic rings. The highest BCUT2D eigenvalue weighted by molar-refractivity contribution is 6.31. The van der Waals surface area contributed by atoms with E-state index in [9.17, 15) is 9.59 Å². The van der Waals surface area contributed by atoms with E-state index in [-0.39, 0.29) is 17.7 Å². The van der Waals surface area contributed by atoms with Crippen LogP contribution in [0.3, 0.4) is 0 Å². The first-order chi connectivity index (χ1) is 14.5. The van der Waals surface area contributed by atoms with Crippen molar-refractivity contribution in [1.82, 2.24) is 14.9 Å². The summed E-state index contributed by atoms with van der Waals surface area (Å²) in [6.45, 7) is 4.19. The van der Waals surface area contributed by atoms with Crippen LogP contribution in [0.25, 0.3) is 11.0 Å². The molecule has 3 rings (SSSR count). The van der Waals surface area contributed by atoms with Crippen molar-refractivity contribution in [3.05, 3.63) is 64.9 Å². The number of para-hydroxylation sites is 2. The summed E-state index contributed by atoms with van der Waals surface area (Å²) in [5, 5.41) is 3.58. The lowest BCUT2D eigenvalue weighted by atomic mass is 10.1. The van der Waals surface area contributed by atoms with Gasteiger partial charge in [-0.05, 0) is 50.5 Å². The zero-order chi connectivity index (χ0) is 21.5. The number of halogens is 1. The molecule has 5 nitrogen and oxygen atoms in total. The van der Waals surface area contributed by atoms with Crippen molar-refractivity contribution < 1.29 is 9.59 Å². The SMILES string of the molecule is CC(=O)C(C)n1c(CCCCCNC(=O)Cc2ccccc2Cl)nc2ccccc21. The van der Waals surface area contributed by atoms with Crippen LogP contribution in [0.1, 0.15) is 50.5 Å². The molecule has 0 spiro atoms. The van der Waals surface area contributed by atoms with Crippen LogP contribution >= 0.6 is 11.6 Å². The molecule has 1 amide bonds. The molecule has 0 saturated heterocycles. The highest BCUT2D eigenvalue weighted by Gasteiger charge is 2.18. The van der Waals surface area contributed by atoms with E-state index < -0.39 is 0 Å². The van der Waals surface area contributed by atoms with Crippen molar-refractivity contribution in [3.63, 3.8) is 0 Å². The van der Waals surface area contributed by atoms with E-state index in [2.05, 4.69) is 9.88 Å². The number of rotatable bonds is 10. The fraction of sp³-hybridized carbons (Fsp3) is 0.375. The number of Topliss-reactive ketones (excluding diaryl/α,β-unsaturated/α-hetero) is 1. The van der Waals surface area contributed by atoms with Gasteiger partial charge in [-0.3, -0.25) is 9.59 Å². The fourth-order valence-electron chi connectivity index (χ4n) is 3.57. The van der Waals surface area contributed by atoms with Gasteiger partial charge in [0, 0.05) is 18.0 Å². The number of benzene rings is 2. The lowest BCUT2D eigenvalue weighted by Crippen LogP contribution is -2.26.